The van der Waals surface area contributed by atoms with Crippen molar-refractivity contribution in [3.8, 4) is 5.69 Å². The second-order valence-electron chi connectivity index (χ2n) is 7.56. The Bertz CT molecular complexity index is 988. The number of aryl methyl sites for hydroxylation is 1. The van der Waals surface area contributed by atoms with Gasteiger partial charge in [-0.3, -0.25) is 9.36 Å². The van der Waals surface area contributed by atoms with Crippen molar-refractivity contribution in [2.45, 2.75) is 57.4 Å². The summed E-state index contributed by atoms with van der Waals surface area (Å²) in [6, 6.07) is 7.55. The van der Waals surface area contributed by atoms with Crippen LogP contribution in [-0.4, -0.2) is 30.8 Å². The zero-order valence-electron chi connectivity index (χ0n) is 16.8. The van der Waals surface area contributed by atoms with Crippen LogP contribution in [0.4, 0.5) is 5.69 Å². The van der Waals surface area contributed by atoms with Crippen LogP contribution in [0.3, 0.4) is 0 Å². The molecule has 9 heteroatoms. The normalized spacial score (nSPS) is 12.8. The highest BCUT2D eigenvalue weighted by molar-refractivity contribution is 7.99. The number of amides is 1. The van der Waals surface area contributed by atoms with Gasteiger partial charge in [0.15, 0.2) is 11.0 Å². The van der Waals surface area contributed by atoms with Crippen LogP contribution in [0.5, 0.6) is 0 Å². The number of rotatable bonds is 5. The number of nitrogens with zero attached hydrogens (tertiary/aromatic N) is 5. The van der Waals surface area contributed by atoms with E-state index in [1.165, 1.54) is 18.7 Å². The van der Waals surface area contributed by atoms with Crippen LogP contribution in [0.2, 0.25) is 0 Å². The summed E-state index contributed by atoms with van der Waals surface area (Å²) in [6.45, 7) is 11.5. The first-order valence-corrected chi connectivity index (χ1v) is 9.84. The molecule has 0 saturated carbocycles. The lowest BCUT2D eigenvalue weighted by molar-refractivity contribution is -0.114. The molecule has 28 heavy (non-hydrogen) atoms. The molecule has 3 aromatic rings. The van der Waals surface area contributed by atoms with Crippen molar-refractivity contribution in [1.29, 1.82) is 0 Å². The highest BCUT2D eigenvalue weighted by Crippen LogP contribution is 2.35. The van der Waals surface area contributed by atoms with Gasteiger partial charge in [-0.05, 0) is 32.0 Å². The minimum absolute atomic E-state index is 0.0931. The molecule has 0 aliphatic heterocycles. The van der Waals surface area contributed by atoms with Gasteiger partial charge in [0.05, 0.1) is 10.9 Å². The Morgan fingerprint density at radius 1 is 1.29 bits per heavy atom. The van der Waals surface area contributed by atoms with Crippen LogP contribution in [0, 0.1) is 6.92 Å². The average molecular weight is 401 g/mol. The van der Waals surface area contributed by atoms with Gasteiger partial charge in [-0.15, -0.1) is 10.2 Å². The van der Waals surface area contributed by atoms with Gasteiger partial charge in [-0.25, -0.2) is 0 Å². The van der Waals surface area contributed by atoms with E-state index in [-0.39, 0.29) is 16.6 Å². The van der Waals surface area contributed by atoms with Crippen LogP contribution < -0.4 is 5.32 Å². The van der Waals surface area contributed by atoms with E-state index < -0.39 is 0 Å². The van der Waals surface area contributed by atoms with E-state index in [1.807, 2.05) is 63.5 Å². The van der Waals surface area contributed by atoms with Gasteiger partial charge in [0.2, 0.25) is 11.8 Å². The third kappa shape index (κ3) is 4.41. The highest BCUT2D eigenvalue weighted by atomic mass is 32.2. The maximum Gasteiger partial charge on any atom is 0.239 e. The fourth-order valence-corrected chi connectivity index (χ4v) is 3.50. The number of hydrogen-bond acceptors (Lipinski definition) is 7. The molecule has 0 radical (unpaired) electrons. The van der Waals surface area contributed by atoms with E-state index in [2.05, 4.69) is 25.7 Å². The monoisotopic (exact) mass is 400 g/mol. The van der Waals surface area contributed by atoms with E-state index in [9.17, 15) is 4.79 Å². The third-order valence-corrected chi connectivity index (χ3v) is 4.99. The molecule has 1 aromatic carbocycles. The van der Waals surface area contributed by atoms with Gasteiger partial charge in [0.1, 0.15) is 5.82 Å². The molecule has 1 N–H and O–H groups in total. The van der Waals surface area contributed by atoms with Gasteiger partial charge >= 0.3 is 0 Å². The summed E-state index contributed by atoms with van der Waals surface area (Å²) < 4.78 is 7.39. The standard InChI is InChI=1S/C19H24N6O2S/c1-11(16-21-17(24-27-16)19(4,5)6)28-18-23-22-12(2)25(18)15-9-7-8-14(10-15)20-13(3)26/h7-11H,1-6H3,(H,20,26)/t11-/m0/s1. The fourth-order valence-electron chi connectivity index (χ4n) is 2.56. The SMILES string of the molecule is CC(=O)Nc1cccc(-n2c(C)nnc2S[C@@H](C)c2nc(C(C)(C)C)no2)c1. The first kappa shape index (κ1) is 20.1. The van der Waals surface area contributed by atoms with Gasteiger partial charge in [0.25, 0.3) is 0 Å². The molecule has 8 nitrogen and oxygen atoms in total. The molecule has 0 aliphatic carbocycles. The third-order valence-electron chi connectivity index (χ3n) is 3.96. The van der Waals surface area contributed by atoms with Crippen LogP contribution >= 0.6 is 11.8 Å². The molecule has 0 unspecified atom stereocenters. The Hall–Kier alpha value is -2.68. The number of hydrogen-bond donors (Lipinski definition) is 1. The maximum atomic E-state index is 11.3. The molecule has 148 valence electrons. The van der Waals surface area contributed by atoms with Crippen molar-refractivity contribution in [1.82, 2.24) is 24.9 Å². The summed E-state index contributed by atoms with van der Waals surface area (Å²) in [5.41, 5.74) is 1.41. The van der Waals surface area contributed by atoms with Gasteiger partial charge in [0, 0.05) is 18.0 Å². The summed E-state index contributed by atoms with van der Waals surface area (Å²) in [5.74, 6) is 1.85. The Kier molecular flexibility index (Phi) is 5.55. The lowest BCUT2D eigenvalue weighted by Crippen LogP contribution is -2.13. The number of carbonyl (C=O) groups is 1. The smallest absolute Gasteiger partial charge is 0.239 e. The molecule has 1 atom stereocenters. The number of carbonyl (C=O) groups excluding carboxylic acids is 1. The number of benzene rings is 1. The summed E-state index contributed by atoms with van der Waals surface area (Å²) in [5, 5.41) is 16.0. The first-order chi connectivity index (χ1) is 13.1. The Morgan fingerprint density at radius 2 is 2.04 bits per heavy atom. The Labute approximate surface area is 168 Å². The molecule has 0 bridgehead atoms. The van der Waals surface area contributed by atoms with Crippen LogP contribution in [0.15, 0.2) is 33.9 Å². The second-order valence-corrected chi connectivity index (χ2v) is 8.87. The predicted molar refractivity (Wildman–Crippen MR) is 108 cm³/mol. The molecule has 0 fully saturated rings. The van der Waals surface area contributed by atoms with Gasteiger partial charge < -0.3 is 9.84 Å². The van der Waals surface area contributed by atoms with E-state index in [0.717, 1.165) is 11.5 Å². The predicted octanol–water partition coefficient (Wildman–Crippen LogP) is 4.07. The van der Waals surface area contributed by atoms with Crippen LogP contribution in [0.25, 0.3) is 5.69 Å². The number of anilines is 1. The first-order valence-electron chi connectivity index (χ1n) is 8.96. The second kappa shape index (κ2) is 7.75. The average Bonchev–Trinajstić information content (AvgIpc) is 3.21. The largest absolute Gasteiger partial charge is 0.338 e. The topological polar surface area (TPSA) is 98.7 Å². The van der Waals surface area contributed by atoms with E-state index >= 15 is 0 Å². The van der Waals surface area contributed by atoms with Crippen molar-refractivity contribution in [2.75, 3.05) is 5.32 Å². The zero-order valence-corrected chi connectivity index (χ0v) is 17.7. The van der Waals surface area contributed by atoms with Crippen molar-refractivity contribution < 1.29 is 9.32 Å². The molecule has 2 aromatic heterocycles. The number of thioether (sulfide) groups is 1. The summed E-state index contributed by atoms with van der Waals surface area (Å²) >= 11 is 1.49. The fraction of sp³-hybridized carbons (Fsp3) is 0.421. The van der Waals surface area contributed by atoms with Crippen LogP contribution in [-0.2, 0) is 10.2 Å². The highest BCUT2D eigenvalue weighted by Gasteiger charge is 2.25. The summed E-state index contributed by atoms with van der Waals surface area (Å²) in [4.78, 5) is 15.9. The summed E-state index contributed by atoms with van der Waals surface area (Å²) in [6.07, 6.45) is 0. The lowest BCUT2D eigenvalue weighted by atomic mass is 9.96. The molecular weight excluding hydrogens is 376 g/mol. The molecule has 0 spiro atoms. The van der Waals surface area contributed by atoms with Crippen molar-refractivity contribution >= 4 is 23.4 Å². The van der Waals surface area contributed by atoms with Crippen molar-refractivity contribution in [3.63, 3.8) is 0 Å². The van der Waals surface area contributed by atoms with Crippen LogP contribution in [0.1, 0.15) is 57.4 Å². The minimum Gasteiger partial charge on any atom is -0.338 e. The van der Waals surface area contributed by atoms with E-state index in [1.54, 1.807) is 0 Å². The maximum absolute atomic E-state index is 11.3. The molecule has 1 amide bonds. The number of nitrogens with one attached hydrogen (secondary N) is 1. The van der Waals surface area contributed by atoms with Gasteiger partial charge in [-0.2, -0.15) is 4.98 Å². The molecule has 0 saturated heterocycles. The number of aromatic nitrogens is 5. The lowest BCUT2D eigenvalue weighted by Gasteiger charge is -2.12. The summed E-state index contributed by atoms with van der Waals surface area (Å²) in [7, 11) is 0. The Morgan fingerprint density at radius 3 is 2.68 bits per heavy atom. The molecule has 0 aliphatic rings. The zero-order chi connectivity index (χ0) is 20.5. The van der Waals surface area contributed by atoms with Crippen molar-refractivity contribution in [3.05, 3.63) is 41.8 Å². The molecular formula is C19H24N6O2S. The van der Waals surface area contributed by atoms with E-state index in [4.69, 9.17) is 4.52 Å². The molecule has 2 heterocycles. The van der Waals surface area contributed by atoms with E-state index in [0.29, 0.717) is 22.6 Å². The molecule has 3 rings (SSSR count). The Balaban J connectivity index is 1.87. The van der Waals surface area contributed by atoms with Crippen molar-refractivity contribution in [2.24, 2.45) is 0 Å². The minimum atomic E-state index is -0.174. The quantitative estimate of drug-likeness (QED) is 0.645. The van der Waals surface area contributed by atoms with Gasteiger partial charge in [-0.1, -0.05) is 43.8 Å².